The van der Waals surface area contributed by atoms with Gasteiger partial charge in [0.15, 0.2) is 5.13 Å². The largest absolute Gasteiger partial charge is 0.382 e. The van der Waals surface area contributed by atoms with Gasteiger partial charge in [-0.25, -0.2) is 4.98 Å². The molecule has 0 radical (unpaired) electrons. The van der Waals surface area contributed by atoms with Gasteiger partial charge in [0, 0.05) is 32.2 Å². The molecule has 1 atom stereocenters. The van der Waals surface area contributed by atoms with E-state index in [2.05, 4.69) is 9.88 Å². The van der Waals surface area contributed by atoms with E-state index in [9.17, 15) is 4.79 Å². The number of aromatic nitrogens is 1. The molecule has 0 saturated carbocycles. The lowest BCUT2D eigenvalue weighted by Crippen LogP contribution is -2.45. The van der Waals surface area contributed by atoms with Crippen molar-refractivity contribution in [1.29, 1.82) is 0 Å². The summed E-state index contributed by atoms with van der Waals surface area (Å²) in [6, 6.07) is 0.0832. The number of amides is 1. The number of anilines is 2. The van der Waals surface area contributed by atoms with Crippen molar-refractivity contribution < 1.29 is 4.79 Å². The van der Waals surface area contributed by atoms with Crippen LogP contribution in [0, 0.1) is 0 Å². The van der Waals surface area contributed by atoms with Crippen molar-refractivity contribution in [3.05, 3.63) is 4.88 Å². The molecule has 2 saturated heterocycles. The van der Waals surface area contributed by atoms with Crippen LogP contribution in [0.3, 0.4) is 0 Å². The quantitative estimate of drug-likeness (QED) is 0.846. The molecule has 3 heterocycles. The molecule has 0 bridgehead atoms. The van der Waals surface area contributed by atoms with Gasteiger partial charge in [0.2, 0.25) is 0 Å². The number of piperidine rings is 1. The first kappa shape index (κ1) is 13.6. The zero-order chi connectivity index (χ0) is 14.1. The maximum absolute atomic E-state index is 12.5. The Kier molecular flexibility index (Phi) is 3.80. The van der Waals surface area contributed by atoms with Gasteiger partial charge in [-0.2, -0.15) is 0 Å². The molecule has 0 aromatic carbocycles. The number of likely N-dealkylation sites (tertiary alicyclic amines) is 1. The third-order valence-electron chi connectivity index (χ3n) is 3.96. The van der Waals surface area contributed by atoms with E-state index in [1.165, 1.54) is 24.2 Å². The predicted molar refractivity (Wildman–Crippen MR) is 81.1 cm³/mol. The van der Waals surface area contributed by atoms with Crippen LogP contribution >= 0.6 is 11.3 Å². The monoisotopic (exact) mass is 295 g/mol. The number of hydrogen-bond acceptors (Lipinski definition) is 6. The molecule has 0 aliphatic carbocycles. The minimum atomic E-state index is -0.0133. The Morgan fingerprint density at radius 3 is 2.70 bits per heavy atom. The number of rotatable bonds is 2. The molecule has 0 spiro atoms. The highest BCUT2D eigenvalue weighted by Gasteiger charge is 2.27. The van der Waals surface area contributed by atoms with E-state index < -0.39 is 0 Å². The number of hydrogen-bond donors (Lipinski definition) is 2. The van der Waals surface area contributed by atoms with Gasteiger partial charge in [-0.1, -0.05) is 11.3 Å². The Balaban J connectivity index is 1.77. The predicted octanol–water partition coefficient (Wildman–Crippen LogP) is 0.889. The first-order valence-corrected chi connectivity index (χ1v) is 8.03. The summed E-state index contributed by atoms with van der Waals surface area (Å²) in [5.41, 5.74) is 11.9. The fraction of sp³-hybridized carbons (Fsp3) is 0.692. The van der Waals surface area contributed by atoms with Gasteiger partial charge in [0.05, 0.1) is 0 Å². The first-order chi connectivity index (χ1) is 9.65. The Morgan fingerprint density at radius 2 is 2.00 bits per heavy atom. The minimum absolute atomic E-state index is 0.0133. The molecule has 7 heteroatoms. The highest BCUT2D eigenvalue weighted by atomic mass is 32.1. The van der Waals surface area contributed by atoms with Crippen molar-refractivity contribution in [1.82, 2.24) is 9.88 Å². The molecule has 2 aliphatic rings. The van der Waals surface area contributed by atoms with E-state index in [1.807, 2.05) is 4.90 Å². The molecule has 3 rings (SSSR count). The Bertz CT molecular complexity index is 497. The lowest BCUT2D eigenvalue weighted by molar-refractivity contribution is 0.0714. The van der Waals surface area contributed by atoms with E-state index in [4.69, 9.17) is 11.5 Å². The molecular formula is C13H21N5OS. The van der Waals surface area contributed by atoms with Gasteiger partial charge in [0.1, 0.15) is 10.7 Å². The number of nitrogens with zero attached hydrogens (tertiary/aromatic N) is 3. The summed E-state index contributed by atoms with van der Waals surface area (Å²) in [4.78, 5) is 21.5. The minimum Gasteiger partial charge on any atom is -0.382 e. The van der Waals surface area contributed by atoms with Crippen LogP contribution in [0.4, 0.5) is 10.9 Å². The van der Waals surface area contributed by atoms with E-state index in [1.54, 1.807) is 0 Å². The van der Waals surface area contributed by atoms with Gasteiger partial charge in [0.25, 0.3) is 5.91 Å². The zero-order valence-electron chi connectivity index (χ0n) is 11.5. The van der Waals surface area contributed by atoms with Crippen molar-refractivity contribution in [2.75, 3.05) is 36.8 Å². The van der Waals surface area contributed by atoms with Crippen molar-refractivity contribution in [3.8, 4) is 0 Å². The molecule has 1 aromatic heterocycles. The van der Waals surface area contributed by atoms with Crippen LogP contribution in [0.1, 0.15) is 35.4 Å². The standard InChI is InChI=1S/C13H21N5OS/c14-9-4-3-7-18(8-9)12(19)10-11(15)16-13(20-10)17-5-1-2-6-17/h9H,1-8,14-15H2. The number of thiazole rings is 1. The summed E-state index contributed by atoms with van der Waals surface area (Å²) in [5, 5.41) is 0.879. The third-order valence-corrected chi connectivity index (χ3v) is 5.08. The number of carbonyl (C=O) groups excluding carboxylic acids is 1. The van der Waals surface area contributed by atoms with Crippen LogP contribution in [-0.4, -0.2) is 48.0 Å². The summed E-state index contributed by atoms with van der Waals surface area (Å²) >= 11 is 1.42. The van der Waals surface area contributed by atoms with Crippen LogP contribution < -0.4 is 16.4 Å². The Morgan fingerprint density at radius 1 is 1.25 bits per heavy atom. The highest BCUT2D eigenvalue weighted by molar-refractivity contribution is 7.18. The summed E-state index contributed by atoms with van der Waals surface area (Å²) in [5.74, 6) is 0.349. The maximum atomic E-state index is 12.5. The molecule has 1 aromatic rings. The van der Waals surface area contributed by atoms with Crippen molar-refractivity contribution in [3.63, 3.8) is 0 Å². The van der Waals surface area contributed by atoms with Crippen LogP contribution in [-0.2, 0) is 0 Å². The van der Waals surface area contributed by atoms with Crippen LogP contribution in [0.15, 0.2) is 0 Å². The van der Waals surface area contributed by atoms with Crippen LogP contribution in [0.2, 0.25) is 0 Å². The van der Waals surface area contributed by atoms with Crippen LogP contribution in [0.25, 0.3) is 0 Å². The normalized spacial score (nSPS) is 23.4. The smallest absolute Gasteiger partial charge is 0.267 e. The molecular weight excluding hydrogens is 274 g/mol. The highest BCUT2D eigenvalue weighted by Crippen LogP contribution is 2.31. The molecule has 4 N–H and O–H groups in total. The average molecular weight is 295 g/mol. The van der Waals surface area contributed by atoms with E-state index >= 15 is 0 Å². The fourth-order valence-corrected chi connectivity index (χ4v) is 3.86. The van der Waals surface area contributed by atoms with E-state index in [0.717, 1.165) is 37.6 Å². The maximum Gasteiger partial charge on any atom is 0.267 e. The number of nitrogens with two attached hydrogens (primary N) is 2. The van der Waals surface area contributed by atoms with Gasteiger partial charge >= 0.3 is 0 Å². The summed E-state index contributed by atoms with van der Waals surface area (Å²) < 4.78 is 0. The second kappa shape index (κ2) is 5.57. The van der Waals surface area contributed by atoms with Gasteiger partial charge in [-0.3, -0.25) is 4.79 Å². The molecule has 2 fully saturated rings. The molecule has 110 valence electrons. The average Bonchev–Trinajstić information content (AvgIpc) is 3.07. The molecule has 6 nitrogen and oxygen atoms in total. The van der Waals surface area contributed by atoms with Crippen molar-refractivity contribution in [2.45, 2.75) is 31.7 Å². The lowest BCUT2D eigenvalue weighted by Gasteiger charge is -2.30. The second-order valence-electron chi connectivity index (χ2n) is 5.56. The van der Waals surface area contributed by atoms with Crippen LogP contribution in [0.5, 0.6) is 0 Å². The van der Waals surface area contributed by atoms with E-state index in [-0.39, 0.29) is 11.9 Å². The van der Waals surface area contributed by atoms with Gasteiger partial charge in [-0.05, 0) is 25.7 Å². The third kappa shape index (κ3) is 2.60. The van der Waals surface area contributed by atoms with Crippen molar-refractivity contribution in [2.24, 2.45) is 5.73 Å². The number of carbonyl (C=O) groups is 1. The topological polar surface area (TPSA) is 88.5 Å². The van der Waals surface area contributed by atoms with Gasteiger partial charge in [-0.15, -0.1) is 0 Å². The Labute approximate surface area is 122 Å². The fourth-order valence-electron chi connectivity index (χ4n) is 2.86. The lowest BCUT2D eigenvalue weighted by atomic mass is 10.1. The second-order valence-corrected chi connectivity index (χ2v) is 6.54. The molecule has 2 aliphatic heterocycles. The zero-order valence-corrected chi connectivity index (χ0v) is 12.4. The van der Waals surface area contributed by atoms with Crippen molar-refractivity contribution >= 4 is 28.2 Å². The van der Waals surface area contributed by atoms with Gasteiger partial charge < -0.3 is 21.3 Å². The Hall–Kier alpha value is -1.34. The SMILES string of the molecule is Nc1nc(N2CCCC2)sc1C(=O)N1CCCC(N)C1. The first-order valence-electron chi connectivity index (χ1n) is 7.21. The molecule has 20 heavy (non-hydrogen) atoms. The summed E-state index contributed by atoms with van der Waals surface area (Å²) in [6.07, 6.45) is 4.32. The molecule has 1 unspecified atom stereocenters. The number of nitrogen functional groups attached to an aromatic ring is 1. The summed E-state index contributed by atoms with van der Waals surface area (Å²) in [6.45, 7) is 3.41. The van der Waals surface area contributed by atoms with E-state index in [0.29, 0.717) is 17.2 Å². The summed E-state index contributed by atoms with van der Waals surface area (Å²) in [7, 11) is 0. The molecule has 1 amide bonds.